The molecule has 62 valence electrons. The van der Waals surface area contributed by atoms with Gasteiger partial charge in [-0.05, 0) is 26.7 Å². The Labute approximate surface area is 63.2 Å². The molecule has 0 amide bonds. The minimum absolute atomic E-state index is 0.145. The molecule has 0 radical (unpaired) electrons. The van der Waals surface area contributed by atoms with Crippen LogP contribution in [0.5, 0.6) is 0 Å². The molecule has 0 spiro atoms. The maximum Gasteiger partial charge on any atom is 0.152 e. The first-order chi connectivity index (χ1) is 4.54. The number of ether oxygens (including phenoxy) is 1. The highest BCUT2D eigenvalue weighted by Crippen LogP contribution is 2.20. The summed E-state index contributed by atoms with van der Waals surface area (Å²) in [5.74, 6) is 0. The SMILES string of the molecule is CCC(C)(CC)OC(C)O. The molecule has 0 aliphatic heterocycles. The molecule has 0 aromatic carbocycles. The van der Waals surface area contributed by atoms with E-state index in [9.17, 15) is 0 Å². The van der Waals surface area contributed by atoms with Crippen LogP contribution in [-0.2, 0) is 4.74 Å². The molecule has 2 heteroatoms. The zero-order chi connectivity index (χ0) is 8.20. The smallest absolute Gasteiger partial charge is 0.152 e. The lowest BCUT2D eigenvalue weighted by atomic mass is 10.0. The lowest BCUT2D eigenvalue weighted by Crippen LogP contribution is -2.30. The van der Waals surface area contributed by atoms with E-state index < -0.39 is 6.29 Å². The van der Waals surface area contributed by atoms with Crippen LogP contribution >= 0.6 is 0 Å². The molecule has 0 aromatic rings. The molecular weight excluding hydrogens is 128 g/mol. The van der Waals surface area contributed by atoms with Crippen LogP contribution in [0.25, 0.3) is 0 Å². The first kappa shape index (κ1) is 9.92. The predicted molar refractivity (Wildman–Crippen MR) is 41.8 cm³/mol. The maximum absolute atomic E-state index is 8.93. The van der Waals surface area contributed by atoms with Crippen molar-refractivity contribution in [3.05, 3.63) is 0 Å². The molecule has 0 saturated heterocycles. The van der Waals surface area contributed by atoms with Gasteiger partial charge in [-0.25, -0.2) is 0 Å². The van der Waals surface area contributed by atoms with E-state index in [-0.39, 0.29) is 5.60 Å². The van der Waals surface area contributed by atoms with Crippen molar-refractivity contribution in [2.45, 2.75) is 52.4 Å². The Kier molecular flexibility index (Phi) is 3.91. The molecule has 0 rings (SSSR count). The van der Waals surface area contributed by atoms with Gasteiger partial charge in [-0.1, -0.05) is 13.8 Å². The fourth-order valence-corrected chi connectivity index (χ4v) is 0.828. The monoisotopic (exact) mass is 146 g/mol. The van der Waals surface area contributed by atoms with Crippen LogP contribution in [0.4, 0.5) is 0 Å². The summed E-state index contributed by atoms with van der Waals surface area (Å²) < 4.78 is 5.29. The highest BCUT2D eigenvalue weighted by Gasteiger charge is 2.21. The summed E-state index contributed by atoms with van der Waals surface area (Å²) >= 11 is 0. The normalized spacial score (nSPS) is 15.3. The Bertz CT molecular complexity index is 85.3. The Morgan fingerprint density at radius 3 is 1.90 bits per heavy atom. The van der Waals surface area contributed by atoms with E-state index in [0.717, 1.165) is 12.8 Å². The van der Waals surface area contributed by atoms with Crippen LogP contribution < -0.4 is 0 Å². The second-order valence-electron chi connectivity index (χ2n) is 2.87. The molecule has 0 aromatic heterocycles. The summed E-state index contributed by atoms with van der Waals surface area (Å²) in [5.41, 5.74) is -0.145. The van der Waals surface area contributed by atoms with Crippen molar-refractivity contribution in [3.8, 4) is 0 Å². The van der Waals surface area contributed by atoms with Crippen LogP contribution in [0, 0.1) is 0 Å². The number of rotatable bonds is 4. The van der Waals surface area contributed by atoms with E-state index in [1.54, 1.807) is 6.92 Å². The van der Waals surface area contributed by atoms with E-state index >= 15 is 0 Å². The summed E-state index contributed by atoms with van der Waals surface area (Å²) in [6, 6.07) is 0. The summed E-state index contributed by atoms with van der Waals surface area (Å²) in [5, 5.41) is 8.93. The lowest BCUT2D eigenvalue weighted by molar-refractivity contribution is -0.171. The summed E-state index contributed by atoms with van der Waals surface area (Å²) in [4.78, 5) is 0. The lowest BCUT2D eigenvalue weighted by Gasteiger charge is -2.28. The van der Waals surface area contributed by atoms with Gasteiger partial charge in [0.2, 0.25) is 0 Å². The zero-order valence-electron chi connectivity index (χ0n) is 7.35. The van der Waals surface area contributed by atoms with Crippen molar-refractivity contribution in [2.24, 2.45) is 0 Å². The molecule has 1 N–H and O–H groups in total. The quantitative estimate of drug-likeness (QED) is 0.614. The number of hydrogen-bond acceptors (Lipinski definition) is 2. The molecule has 0 heterocycles. The first-order valence-corrected chi connectivity index (χ1v) is 3.90. The average molecular weight is 146 g/mol. The Morgan fingerprint density at radius 2 is 1.80 bits per heavy atom. The molecule has 0 aliphatic rings. The first-order valence-electron chi connectivity index (χ1n) is 3.90. The van der Waals surface area contributed by atoms with Gasteiger partial charge in [-0.3, -0.25) is 0 Å². The Balaban J connectivity index is 3.80. The molecule has 0 bridgehead atoms. The number of aliphatic hydroxyl groups is 1. The van der Waals surface area contributed by atoms with Crippen LogP contribution in [0.2, 0.25) is 0 Å². The highest BCUT2D eigenvalue weighted by molar-refractivity contribution is 4.70. The van der Waals surface area contributed by atoms with E-state index in [1.807, 2.05) is 6.92 Å². The summed E-state index contributed by atoms with van der Waals surface area (Å²) in [6.45, 7) is 7.78. The Hall–Kier alpha value is -0.0800. The van der Waals surface area contributed by atoms with E-state index in [0.29, 0.717) is 0 Å². The second-order valence-corrected chi connectivity index (χ2v) is 2.87. The topological polar surface area (TPSA) is 29.5 Å². The van der Waals surface area contributed by atoms with Crippen molar-refractivity contribution in [1.29, 1.82) is 0 Å². The van der Waals surface area contributed by atoms with Crippen LogP contribution in [0.3, 0.4) is 0 Å². The van der Waals surface area contributed by atoms with Crippen molar-refractivity contribution >= 4 is 0 Å². The standard InChI is InChI=1S/C8H18O2/c1-5-8(4,6-2)10-7(3)9/h7,9H,5-6H2,1-4H3. The van der Waals surface area contributed by atoms with Crippen molar-refractivity contribution in [2.75, 3.05) is 0 Å². The third-order valence-corrected chi connectivity index (χ3v) is 1.95. The molecule has 0 saturated carbocycles. The fourth-order valence-electron chi connectivity index (χ4n) is 0.828. The third kappa shape index (κ3) is 3.18. The van der Waals surface area contributed by atoms with E-state index in [2.05, 4.69) is 13.8 Å². The zero-order valence-corrected chi connectivity index (χ0v) is 7.35. The van der Waals surface area contributed by atoms with Crippen LogP contribution in [-0.4, -0.2) is 17.0 Å². The number of hydrogen-bond donors (Lipinski definition) is 1. The van der Waals surface area contributed by atoms with E-state index in [4.69, 9.17) is 9.84 Å². The van der Waals surface area contributed by atoms with Gasteiger partial charge in [-0.2, -0.15) is 0 Å². The summed E-state index contributed by atoms with van der Waals surface area (Å²) in [6.07, 6.45) is 1.23. The van der Waals surface area contributed by atoms with Gasteiger partial charge in [0.25, 0.3) is 0 Å². The van der Waals surface area contributed by atoms with Crippen molar-refractivity contribution in [1.82, 2.24) is 0 Å². The summed E-state index contributed by atoms with van der Waals surface area (Å²) in [7, 11) is 0. The molecule has 2 nitrogen and oxygen atoms in total. The maximum atomic E-state index is 8.93. The van der Waals surface area contributed by atoms with Gasteiger partial charge in [0, 0.05) is 0 Å². The molecule has 1 unspecified atom stereocenters. The van der Waals surface area contributed by atoms with Gasteiger partial charge in [-0.15, -0.1) is 0 Å². The molecule has 1 atom stereocenters. The van der Waals surface area contributed by atoms with Gasteiger partial charge in [0.05, 0.1) is 5.60 Å². The highest BCUT2D eigenvalue weighted by atomic mass is 16.6. The fraction of sp³-hybridized carbons (Fsp3) is 1.00. The molecule has 0 fully saturated rings. The largest absolute Gasteiger partial charge is 0.368 e. The van der Waals surface area contributed by atoms with Gasteiger partial charge < -0.3 is 9.84 Å². The average Bonchev–Trinajstić information content (AvgIpc) is 1.87. The van der Waals surface area contributed by atoms with Crippen LogP contribution in [0.15, 0.2) is 0 Å². The van der Waals surface area contributed by atoms with Gasteiger partial charge >= 0.3 is 0 Å². The number of aliphatic hydroxyl groups excluding tert-OH is 1. The van der Waals surface area contributed by atoms with Crippen molar-refractivity contribution in [3.63, 3.8) is 0 Å². The second kappa shape index (κ2) is 3.94. The minimum atomic E-state index is -0.648. The van der Waals surface area contributed by atoms with Gasteiger partial charge in [0.1, 0.15) is 0 Å². The minimum Gasteiger partial charge on any atom is -0.368 e. The van der Waals surface area contributed by atoms with Crippen LogP contribution in [0.1, 0.15) is 40.5 Å². The molecule has 0 aliphatic carbocycles. The third-order valence-electron chi connectivity index (χ3n) is 1.95. The molecular formula is C8H18O2. The van der Waals surface area contributed by atoms with Crippen molar-refractivity contribution < 1.29 is 9.84 Å². The van der Waals surface area contributed by atoms with E-state index in [1.165, 1.54) is 0 Å². The molecule has 10 heavy (non-hydrogen) atoms. The predicted octanol–water partition coefficient (Wildman–Crippen LogP) is 1.92. The Morgan fingerprint density at radius 1 is 1.40 bits per heavy atom. The van der Waals surface area contributed by atoms with Gasteiger partial charge in [0.15, 0.2) is 6.29 Å².